The highest BCUT2D eigenvalue weighted by atomic mass is 15.1. The number of likely N-dealkylation sites (tertiary alicyclic amines) is 1. The lowest BCUT2D eigenvalue weighted by molar-refractivity contribution is 0.285. The lowest BCUT2D eigenvalue weighted by atomic mass is 10.1. The van der Waals surface area contributed by atoms with Crippen molar-refractivity contribution in [3.05, 3.63) is 0 Å². The Morgan fingerprint density at radius 1 is 1.12 bits per heavy atom. The molecule has 0 aromatic rings. The van der Waals surface area contributed by atoms with Gasteiger partial charge in [-0.3, -0.25) is 0 Å². The van der Waals surface area contributed by atoms with E-state index in [2.05, 4.69) is 35.9 Å². The molecule has 3 heteroatoms. The lowest BCUT2D eigenvalue weighted by Gasteiger charge is -2.22. The molecule has 1 heterocycles. The maximum absolute atomic E-state index is 3.74. The summed E-state index contributed by atoms with van der Waals surface area (Å²) in [5.74, 6) is 0. The SMILES string of the molecule is CCN(CC)CCNC1CCCN(CC)CC1. The fourth-order valence-electron chi connectivity index (χ4n) is 2.64. The summed E-state index contributed by atoms with van der Waals surface area (Å²) in [5, 5.41) is 3.74. The normalized spacial score (nSPS) is 22.9. The molecule has 1 N–H and O–H groups in total. The highest BCUT2D eigenvalue weighted by molar-refractivity contribution is 4.74. The third-order valence-corrected chi connectivity index (χ3v) is 4.02. The molecule has 3 nitrogen and oxygen atoms in total. The van der Waals surface area contributed by atoms with Crippen molar-refractivity contribution >= 4 is 0 Å². The number of hydrogen-bond acceptors (Lipinski definition) is 3. The van der Waals surface area contributed by atoms with E-state index < -0.39 is 0 Å². The lowest BCUT2D eigenvalue weighted by Crippen LogP contribution is -2.37. The van der Waals surface area contributed by atoms with Crippen LogP contribution in [0.2, 0.25) is 0 Å². The van der Waals surface area contributed by atoms with Gasteiger partial charge in [-0.2, -0.15) is 0 Å². The molecule has 1 saturated heterocycles. The highest BCUT2D eigenvalue weighted by Crippen LogP contribution is 2.10. The molecule has 1 unspecified atom stereocenters. The van der Waals surface area contributed by atoms with Crippen molar-refractivity contribution in [2.24, 2.45) is 0 Å². The molecule has 0 saturated carbocycles. The van der Waals surface area contributed by atoms with Crippen LogP contribution in [0.1, 0.15) is 40.0 Å². The van der Waals surface area contributed by atoms with Gasteiger partial charge in [-0.1, -0.05) is 20.8 Å². The molecule has 0 radical (unpaired) electrons. The maximum Gasteiger partial charge on any atom is 0.0107 e. The molecule has 1 rings (SSSR count). The number of nitrogens with zero attached hydrogens (tertiary/aromatic N) is 2. The van der Waals surface area contributed by atoms with Crippen molar-refractivity contribution in [3.8, 4) is 0 Å². The third kappa shape index (κ3) is 5.84. The first kappa shape index (κ1) is 14.9. The van der Waals surface area contributed by atoms with Gasteiger partial charge >= 0.3 is 0 Å². The Labute approximate surface area is 108 Å². The molecule has 102 valence electrons. The molecule has 1 atom stereocenters. The second kappa shape index (κ2) is 8.90. The van der Waals surface area contributed by atoms with E-state index >= 15 is 0 Å². The zero-order valence-corrected chi connectivity index (χ0v) is 12.0. The van der Waals surface area contributed by atoms with E-state index in [0.29, 0.717) is 0 Å². The van der Waals surface area contributed by atoms with Crippen LogP contribution in [-0.4, -0.2) is 61.7 Å². The summed E-state index contributed by atoms with van der Waals surface area (Å²) >= 11 is 0. The first-order chi connectivity index (χ1) is 8.30. The molecular weight excluding hydrogens is 210 g/mol. The van der Waals surface area contributed by atoms with Crippen molar-refractivity contribution in [3.63, 3.8) is 0 Å². The summed E-state index contributed by atoms with van der Waals surface area (Å²) in [7, 11) is 0. The zero-order valence-electron chi connectivity index (χ0n) is 12.0. The third-order valence-electron chi connectivity index (χ3n) is 4.02. The van der Waals surface area contributed by atoms with E-state index in [1.807, 2.05) is 0 Å². The predicted octanol–water partition coefficient (Wildman–Crippen LogP) is 1.79. The zero-order chi connectivity index (χ0) is 12.5. The summed E-state index contributed by atoms with van der Waals surface area (Å²) < 4.78 is 0. The van der Waals surface area contributed by atoms with Gasteiger partial charge in [0.15, 0.2) is 0 Å². The largest absolute Gasteiger partial charge is 0.313 e. The molecular formula is C14H31N3. The van der Waals surface area contributed by atoms with Gasteiger partial charge in [-0.25, -0.2) is 0 Å². The van der Waals surface area contributed by atoms with Crippen LogP contribution in [0.15, 0.2) is 0 Å². The smallest absolute Gasteiger partial charge is 0.0107 e. The minimum atomic E-state index is 0.752. The summed E-state index contributed by atoms with van der Waals surface area (Å²) in [4.78, 5) is 5.06. The van der Waals surface area contributed by atoms with Crippen molar-refractivity contribution < 1.29 is 0 Å². The van der Waals surface area contributed by atoms with E-state index in [1.165, 1.54) is 58.5 Å². The average Bonchev–Trinajstić information content (AvgIpc) is 2.60. The fraction of sp³-hybridized carbons (Fsp3) is 1.00. The molecule has 1 fully saturated rings. The van der Waals surface area contributed by atoms with Crippen LogP contribution >= 0.6 is 0 Å². The Kier molecular flexibility index (Phi) is 7.82. The van der Waals surface area contributed by atoms with Crippen LogP contribution in [0, 0.1) is 0 Å². The number of rotatable bonds is 7. The topological polar surface area (TPSA) is 18.5 Å². The summed E-state index contributed by atoms with van der Waals surface area (Å²) in [5.41, 5.74) is 0. The highest BCUT2D eigenvalue weighted by Gasteiger charge is 2.15. The maximum atomic E-state index is 3.74. The molecule has 0 amide bonds. The van der Waals surface area contributed by atoms with Gasteiger partial charge < -0.3 is 15.1 Å². The Bertz CT molecular complexity index is 180. The first-order valence-corrected chi connectivity index (χ1v) is 7.48. The first-order valence-electron chi connectivity index (χ1n) is 7.48. The predicted molar refractivity (Wildman–Crippen MR) is 75.5 cm³/mol. The van der Waals surface area contributed by atoms with Crippen molar-refractivity contribution in [2.45, 2.75) is 46.1 Å². The molecule has 1 aliphatic rings. The molecule has 1 aliphatic heterocycles. The minimum Gasteiger partial charge on any atom is -0.313 e. The Morgan fingerprint density at radius 2 is 1.88 bits per heavy atom. The van der Waals surface area contributed by atoms with E-state index in [1.54, 1.807) is 0 Å². The van der Waals surface area contributed by atoms with Gasteiger partial charge in [0.1, 0.15) is 0 Å². The van der Waals surface area contributed by atoms with E-state index in [9.17, 15) is 0 Å². The summed E-state index contributed by atoms with van der Waals surface area (Å²) in [6.07, 6.45) is 4.04. The van der Waals surface area contributed by atoms with Gasteiger partial charge in [0.25, 0.3) is 0 Å². The van der Waals surface area contributed by atoms with Gasteiger partial charge in [0, 0.05) is 19.1 Å². The Morgan fingerprint density at radius 3 is 2.53 bits per heavy atom. The van der Waals surface area contributed by atoms with Gasteiger partial charge in [0.05, 0.1) is 0 Å². The van der Waals surface area contributed by atoms with Crippen molar-refractivity contribution in [2.75, 3.05) is 45.8 Å². The van der Waals surface area contributed by atoms with Crippen molar-refractivity contribution in [1.29, 1.82) is 0 Å². The van der Waals surface area contributed by atoms with Crippen LogP contribution in [0.25, 0.3) is 0 Å². The van der Waals surface area contributed by atoms with Gasteiger partial charge in [-0.05, 0) is 52.0 Å². The number of hydrogen-bond donors (Lipinski definition) is 1. The number of nitrogens with one attached hydrogen (secondary N) is 1. The van der Waals surface area contributed by atoms with Crippen LogP contribution in [0.4, 0.5) is 0 Å². The second-order valence-corrected chi connectivity index (χ2v) is 5.04. The molecule has 17 heavy (non-hydrogen) atoms. The Hall–Kier alpha value is -0.120. The standard InChI is InChI=1S/C14H31N3/c1-4-16(5-2)13-10-15-14-8-7-11-17(6-3)12-9-14/h14-15H,4-13H2,1-3H3. The summed E-state index contributed by atoms with van der Waals surface area (Å²) in [6, 6.07) is 0.752. The van der Waals surface area contributed by atoms with E-state index in [0.717, 1.165) is 12.6 Å². The van der Waals surface area contributed by atoms with Crippen molar-refractivity contribution in [1.82, 2.24) is 15.1 Å². The fourth-order valence-corrected chi connectivity index (χ4v) is 2.64. The molecule has 0 aliphatic carbocycles. The minimum absolute atomic E-state index is 0.752. The van der Waals surface area contributed by atoms with E-state index in [4.69, 9.17) is 0 Å². The van der Waals surface area contributed by atoms with Crippen LogP contribution < -0.4 is 5.32 Å². The van der Waals surface area contributed by atoms with Crippen LogP contribution in [0.5, 0.6) is 0 Å². The quantitative estimate of drug-likeness (QED) is 0.733. The van der Waals surface area contributed by atoms with Crippen LogP contribution in [0.3, 0.4) is 0 Å². The second-order valence-electron chi connectivity index (χ2n) is 5.04. The Balaban J connectivity index is 2.14. The summed E-state index contributed by atoms with van der Waals surface area (Å²) in [6.45, 7) is 15.2. The monoisotopic (exact) mass is 241 g/mol. The molecule has 0 spiro atoms. The van der Waals surface area contributed by atoms with E-state index in [-0.39, 0.29) is 0 Å². The van der Waals surface area contributed by atoms with Gasteiger partial charge in [0.2, 0.25) is 0 Å². The van der Waals surface area contributed by atoms with Gasteiger partial charge in [-0.15, -0.1) is 0 Å². The number of likely N-dealkylation sites (N-methyl/N-ethyl adjacent to an activating group) is 1. The molecule has 0 aromatic carbocycles. The average molecular weight is 241 g/mol. The molecule has 0 bridgehead atoms. The van der Waals surface area contributed by atoms with Crippen LogP contribution in [-0.2, 0) is 0 Å². The molecule has 0 aromatic heterocycles.